The second-order valence-electron chi connectivity index (χ2n) is 4.27. The Balaban J connectivity index is 2.00. The van der Waals surface area contributed by atoms with Crippen molar-refractivity contribution in [3.8, 4) is 5.75 Å². The van der Waals surface area contributed by atoms with Gasteiger partial charge in [-0.15, -0.1) is 4.40 Å². The number of rotatable bonds is 2. The van der Waals surface area contributed by atoms with Crippen molar-refractivity contribution < 1.29 is 13.2 Å². The number of sulfonamides is 1. The van der Waals surface area contributed by atoms with Crippen LogP contribution in [0.1, 0.15) is 5.56 Å². The maximum absolute atomic E-state index is 11.9. The van der Waals surface area contributed by atoms with E-state index in [9.17, 15) is 8.42 Å². The van der Waals surface area contributed by atoms with E-state index in [0.29, 0.717) is 17.1 Å². The molecule has 2 aromatic carbocycles. The fraction of sp³-hybridized carbons (Fsp3) is 0.0714. The first-order chi connectivity index (χ1) is 9.60. The Morgan fingerprint density at radius 2 is 1.90 bits per heavy atom. The minimum absolute atomic E-state index is 0.227. The SMILES string of the molecule is COc1cccc(NC2=NS(=O)(=O)c3ccccc32)c1. The Morgan fingerprint density at radius 1 is 1.10 bits per heavy atom. The molecule has 0 aromatic heterocycles. The van der Waals surface area contributed by atoms with E-state index in [2.05, 4.69) is 9.71 Å². The van der Waals surface area contributed by atoms with Crippen molar-refractivity contribution in [2.75, 3.05) is 12.4 Å². The molecule has 0 saturated heterocycles. The molecule has 0 radical (unpaired) electrons. The molecule has 0 amide bonds. The average molecular weight is 288 g/mol. The molecule has 0 unspecified atom stereocenters. The van der Waals surface area contributed by atoms with Gasteiger partial charge in [0.1, 0.15) is 10.6 Å². The van der Waals surface area contributed by atoms with Crippen LogP contribution in [0.5, 0.6) is 5.75 Å². The Hall–Kier alpha value is -2.34. The van der Waals surface area contributed by atoms with Crippen LogP contribution in [-0.4, -0.2) is 21.4 Å². The van der Waals surface area contributed by atoms with Crippen LogP contribution in [0.25, 0.3) is 0 Å². The van der Waals surface area contributed by atoms with Gasteiger partial charge in [0.15, 0.2) is 5.84 Å². The zero-order valence-corrected chi connectivity index (χ0v) is 11.5. The highest BCUT2D eigenvalue weighted by Gasteiger charge is 2.28. The molecule has 20 heavy (non-hydrogen) atoms. The normalized spacial score (nSPS) is 15.3. The number of fused-ring (bicyclic) bond motifs is 1. The number of nitrogens with one attached hydrogen (secondary N) is 1. The summed E-state index contributed by atoms with van der Waals surface area (Å²) in [6.07, 6.45) is 0. The Bertz CT molecular complexity index is 798. The molecule has 0 aliphatic carbocycles. The number of ether oxygens (including phenoxy) is 1. The lowest BCUT2D eigenvalue weighted by molar-refractivity contribution is 0.415. The van der Waals surface area contributed by atoms with Gasteiger partial charge in [0.25, 0.3) is 10.0 Å². The lowest BCUT2D eigenvalue weighted by atomic mass is 10.2. The quantitative estimate of drug-likeness (QED) is 0.920. The highest BCUT2D eigenvalue weighted by Crippen LogP contribution is 2.27. The van der Waals surface area contributed by atoms with Gasteiger partial charge in [0, 0.05) is 17.3 Å². The number of amidine groups is 1. The summed E-state index contributed by atoms with van der Waals surface area (Å²) in [5, 5.41) is 3.02. The lowest BCUT2D eigenvalue weighted by Crippen LogP contribution is -2.11. The Morgan fingerprint density at radius 3 is 2.70 bits per heavy atom. The van der Waals surface area contributed by atoms with E-state index in [4.69, 9.17) is 4.74 Å². The van der Waals surface area contributed by atoms with Crippen LogP contribution < -0.4 is 10.1 Å². The molecule has 0 atom stereocenters. The standard InChI is InChI=1S/C14H12N2O3S/c1-19-11-6-4-5-10(9-11)15-14-12-7-2-3-8-13(12)20(17,18)16-14/h2-9H,1H3,(H,15,16). The number of anilines is 1. The van der Waals surface area contributed by atoms with Gasteiger partial charge in [-0.05, 0) is 24.3 Å². The highest BCUT2D eigenvalue weighted by molar-refractivity contribution is 7.90. The summed E-state index contributed by atoms with van der Waals surface area (Å²) in [6, 6.07) is 14.0. The zero-order valence-electron chi connectivity index (χ0n) is 10.7. The van der Waals surface area contributed by atoms with Gasteiger partial charge in [-0.1, -0.05) is 18.2 Å². The third kappa shape index (κ3) is 2.14. The van der Waals surface area contributed by atoms with Gasteiger partial charge in [-0.2, -0.15) is 8.42 Å². The minimum Gasteiger partial charge on any atom is -0.497 e. The summed E-state index contributed by atoms with van der Waals surface area (Å²) >= 11 is 0. The van der Waals surface area contributed by atoms with Crippen LogP contribution in [0.15, 0.2) is 57.8 Å². The molecule has 102 valence electrons. The largest absolute Gasteiger partial charge is 0.497 e. The second-order valence-corrected chi connectivity index (χ2v) is 5.84. The molecule has 1 heterocycles. The van der Waals surface area contributed by atoms with Crippen LogP contribution in [0.3, 0.4) is 0 Å². The zero-order chi connectivity index (χ0) is 14.2. The van der Waals surface area contributed by atoms with E-state index in [-0.39, 0.29) is 4.90 Å². The molecule has 0 fully saturated rings. The van der Waals surface area contributed by atoms with Crippen LogP contribution >= 0.6 is 0 Å². The summed E-state index contributed by atoms with van der Waals surface area (Å²) in [5.41, 5.74) is 1.30. The minimum atomic E-state index is -3.60. The predicted molar refractivity (Wildman–Crippen MR) is 76.8 cm³/mol. The molecule has 5 nitrogen and oxygen atoms in total. The summed E-state index contributed by atoms with van der Waals surface area (Å²) in [5.74, 6) is 1.01. The van der Waals surface area contributed by atoms with Crippen molar-refractivity contribution in [1.29, 1.82) is 0 Å². The van der Waals surface area contributed by atoms with Crippen LogP contribution in [0.4, 0.5) is 5.69 Å². The first-order valence-corrected chi connectivity index (χ1v) is 7.39. The second kappa shape index (κ2) is 4.64. The van der Waals surface area contributed by atoms with Gasteiger partial charge in [0.05, 0.1) is 7.11 Å². The smallest absolute Gasteiger partial charge is 0.285 e. The van der Waals surface area contributed by atoms with Crippen molar-refractivity contribution >= 4 is 21.5 Å². The maximum atomic E-state index is 11.9. The molecule has 0 spiro atoms. The van der Waals surface area contributed by atoms with Crippen molar-refractivity contribution in [1.82, 2.24) is 0 Å². The van der Waals surface area contributed by atoms with Crippen molar-refractivity contribution in [3.05, 3.63) is 54.1 Å². The number of nitrogens with zero attached hydrogens (tertiary/aromatic N) is 1. The number of methoxy groups -OCH3 is 1. The highest BCUT2D eigenvalue weighted by atomic mass is 32.2. The summed E-state index contributed by atoms with van der Waals surface area (Å²) in [7, 11) is -2.02. The molecule has 6 heteroatoms. The first-order valence-electron chi connectivity index (χ1n) is 5.95. The van der Waals surface area contributed by atoms with Gasteiger partial charge in [-0.3, -0.25) is 0 Å². The van der Waals surface area contributed by atoms with Gasteiger partial charge in [0.2, 0.25) is 0 Å². The molecule has 0 bridgehead atoms. The van der Waals surface area contributed by atoms with Crippen molar-refractivity contribution in [3.63, 3.8) is 0 Å². The molecule has 1 aliphatic rings. The van der Waals surface area contributed by atoms with Crippen molar-refractivity contribution in [2.45, 2.75) is 4.90 Å². The van der Waals surface area contributed by atoms with E-state index in [0.717, 1.165) is 5.69 Å². The van der Waals surface area contributed by atoms with Crippen LogP contribution in [0.2, 0.25) is 0 Å². The molecule has 2 aromatic rings. The van der Waals surface area contributed by atoms with Crippen LogP contribution in [-0.2, 0) is 10.0 Å². The lowest BCUT2D eigenvalue weighted by Gasteiger charge is -2.07. The van der Waals surface area contributed by atoms with Crippen LogP contribution in [0, 0.1) is 0 Å². The number of hydrogen-bond donors (Lipinski definition) is 1. The predicted octanol–water partition coefficient (Wildman–Crippen LogP) is 2.26. The average Bonchev–Trinajstić information content (AvgIpc) is 2.71. The van der Waals surface area contributed by atoms with E-state index in [1.54, 1.807) is 37.4 Å². The fourth-order valence-electron chi connectivity index (χ4n) is 2.03. The molecular formula is C14H12N2O3S. The van der Waals surface area contributed by atoms with E-state index < -0.39 is 10.0 Å². The van der Waals surface area contributed by atoms with E-state index in [1.165, 1.54) is 0 Å². The van der Waals surface area contributed by atoms with Gasteiger partial charge in [-0.25, -0.2) is 0 Å². The van der Waals surface area contributed by atoms with E-state index in [1.807, 2.05) is 18.2 Å². The molecule has 1 aliphatic heterocycles. The monoisotopic (exact) mass is 288 g/mol. The third-order valence-corrected chi connectivity index (χ3v) is 4.30. The number of hydrogen-bond acceptors (Lipinski definition) is 4. The topological polar surface area (TPSA) is 67.8 Å². The summed E-state index contributed by atoms with van der Waals surface area (Å²) in [4.78, 5) is 0.227. The third-order valence-electron chi connectivity index (χ3n) is 2.96. The Labute approximate surface area is 117 Å². The maximum Gasteiger partial charge on any atom is 0.285 e. The molecular weight excluding hydrogens is 276 g/mol. The molecule has 1 N–H and O–H groups in total. The molecule has 0 saturated carbocycles. The summed E-state index contributed by atoms with van der Waals surface area (Å²) in [6.45, 7) is 0. The van der Waals surface area contributed by atoms with Gasteiger partial charge < -0.3 is 10.1 Å². The number of benzene rings is 2. The summed E-state index contributed by atoms with van der Waals surface area (Å²) < 4.78 is 32.8. The van der Waals surface area contributed by atoms with E-state index >= 15 is 0 Å². The van der Waals surface area contributed by atoms with Gasteiger partial charge >= 0.3 is 0 Å². The van der Waals surface area contributed by atoms with Crippen molar-refractivity contribution in [2.24, 2.45) is 4.40 Å². The molecule has 3 rings (SSSR count). The fourth-order valence-corrected chi connectivity index (χ4v) is 3.21. The Kier molecular flexibility index (Phi) is 2.94. The first kappa shape index (κ1) is 12.7.